The molecule has 0 saturated carbocycles. The number of aromatic nitrogens is 4. The number of hydrogen-bond donors (Lipinski definition) is 2. The van der Waals surface area contributed by atoms with Gasteiger partial charge in [0.05, 0.1) is 11.9 Å². The van der Waals surface area contributed by atoms with Crippen molar-refractivity contribution in [1.29, 1.82) is 0 Å². The number of rotatable bonds is 3. The lowest BCUT2D eigenvalue weighted by Crippen LogP contribution is -2.34. The number of ether oxygens (including phenoxy) is 1. The summed E-state index contributed by atoms with van der Waals surface area (Å²) in [5, 5.41) is 7.61. The van der Waals surface area contributed by atoms with E-state index in [4.69, 9.17) is 10.5 Å². The van der Waals surface area contributed by atoms with Gasteiger partial charge in [-0.25, -0.2) is 19.4 Å². The monoisotopic (exact) mass is 356 g/mol. The highest BCUT2D eigenvalue weighted by Crippen LogP contribution is 2.25. The Morgan fingerprint density at radius 3 is 2.86 bits per heavy atom. The molecule has 0 spiro atoms. The molecule has 0 fully saturated rings. The van der Waals surface area contributed by atoms with Crippen molar-refractivity contribution in [3.8, 4) is 0 Å². The predicted molar refractivity (Wildman–Crippen MR) is 81.7 cm³/mol. The largest absolute Gasteiger partial charge is 0.444 e. The molecule has 8 nitrogen and oxygen atoms in total. The third kappa shape index (κ3) is 3.81. The van der Waals surface area contributed by atoms with Crippen LogP contribution in [0.2, 0.25) is 0 Å². The number of nitrogen functional groups attached to an aromatic ring is 1. The Kier molecular flexibility index (Phi) is 4.31. The van der Waals surface area contributed by atoms with Gasteiger partial charge in [0.1, 0.15) is 22.3 Å². The van der Waals surface area contributed by atoms with E-state index >= 15 is 0 Å². The van der Waals surface area contributed by atoms with Crippen LogP contribution in [0, 0.1) is 0 Å². The van der Waals surface area contributed by atoms with E-state index in [-0.39, 0.29) is 0 Å². The van der Waals surface area contributed by atoms with E-state index in [0.717, 1.165) is 0 Å². The summed E-state index contributed by atoms with van der Waals surface area (Å²) >= 11 is 3.33. The van der Waals surface area contributed by atoms with Crippen LogP contribution in [-0.2, 0) is 11.3 Å². The van der Waals surface area contributed by atoms with Crippen molar-refractivity contribution in [3.05, 3.63) is 10.9 Å². The zero-order valence-corrected chi connectivity index (χ0v) is 13.6. The van der Waals surface area contributed by atoms with E-state index in [1.807, 2.05) is 20.8 Å². The normalized spacial score (nSPS) is 11.6. The van der Waals surface area contributed by atoms with Crippen LogP contribution in [0.3, 0.4) is 0 Å². The molecule has 0 unspecified atom stereocenters. The van der Waals surface area contributed by atoms with Gasteiger partial charge in [0, 0.05) is 6.54 Å². The fourth-order valence-corrected chi connectivity index (χ4v) is 2.29. The van der Waals surface area contributed by atoms with Gasteiger partial charge in [-0.15, -0.1) is 0 Å². The van der Waals surface area contributed by atoms with Gasteiger partial charge in [0.2, 0.25) is 0 Å². The topological polar surface area (TPSA) is 108 Å². The quantitative estimate of drug-likeness (QED) is 0.866. The Hall–Kier alpha value is -1.90. The van der Waals surface area contributed by atoms with Gasteiger partial charge >= 0.3 is 6.09 Å². The van der Waals surface area contributed by atoms with Crippen molar-refractivity contribution in [1.82, 2.24) is 25.1 Å². The zero-order valence-electron chi connectivity index (χ0n) is 12.1. The maximum Gasteiger partial charge on any atom is 0.407 e. The first-order chi connectivity index (χ1) is 9.78. The van der Waals surface area contributed by atoms with E-state index in [0.29, 0.717) is 34.5 Å². The van der Waals surface area contributed by atoms with Crippen molar-refractivity contribution in [2.75, 3.05) is 12.3 Å². The summed E-state index contributed by atoms with van der Waals surface area (Å²) in [6.07, 6.45) is 0.913. The molecule has 2 heterocycles. The van der Waals surface area contributed by atoms with E-state index in [9.17, 15) is 4.79 Å². The SMILES string of the molecule is CC(C)(C)OC(=O)NCCn1nc(Br)c2c(N)ncnc21. The third-order valence-corrected chi connectivity index (χ3v) is 3.06. The van der Waals surface area contributed by atoms with Crippen LogP contribution < -0.4 is 11.1 Å². The van der Waals surface area contributed by atoms with Gasteiger partial charge in [-0.1, -0.05) is 0 Å². The Morgan fingerprint density at radius 1 is 1.48 bits per heavy atom. The summed E-state index contributed by atoms with van der Waals surface area (Å²) in [6.45, 7) is 6.24. The van der Waals surface area contributed by atoms with Crippen LogP contribution in [0.1, 0.15) is 20.8 Å². The lowest BCUT2D eigenvalue weighted by Gasteiger charge is -2.19. The maximum absolute atomic E-state index is 11.6. The van der Waals surface area contributed by atoms with Gasteiger partial charge in [0.15, 0.2) is 5.65 Å². The second-order valence-electron chi connectivity index (χ2n) is 5.40. The molecule has 0 radical (unpaired) electrons. The van der Waals surface area contributed by atoms with Gasteiger partial charge in [-0.05, 0) is 36.7 Å². The molecule has 0 aliphatic carbocycles. The van der Waals surface area contributed by atoms with Crippen molar-refractivity contribution >= 4 is 38.9 Å². The fraction of sp³-hybridized carbons (Fsp3) is 0.500. The van der Waals surface area contributed by atoms with E-state index < -0.39 is 11.7 Å². The number of alkyl carbamates (subject to hydrolysis) is 1. The van der Waals surface area contributed by atoms with E-state index in [1.54, 1.807) is 4.68 Å². The average molecular weight is 357 g/mol. The number of carbonyl (C=O) groups is 1. The molecule has 1 amide bonds. The van der Waals surface area contributed by atoms with Gasteiger partial charge in [0.25, 0.3) is 0 Å². The molecule has 21 heavy (non-hydrogen) atoms. The molecule has 9 heteroatoms. The van der Waals surface area contributed by atoms with Gasteiger partial charge in [-0.2, -0.15) is 5.10 Å². The summed E-state index contributed by atoms with van der Waals surface area (Å²) in [6, 6.07) is 0. The number of fused-ring (bicyclic) bond motifs is 1. The number of nitrogens with two attached hydrogens (primary N) is 1. The van der Waals surface area contributed by atoms with Crippen LogP contribution in [-0.4, -0.2) is 38.0 Å². The van der Waals surface area contributed by atoms with E-state index in [1.165, 1.54) is 6.33 Å². The summed E-state index contributed by atoms with van der Waals surface area (Å²) < 4.78 is 7.38. The van der Waals surface area contributed by atoms with Crippen molar-refractivity contribution < 1.29 is 9.53 Å². The molecular weight excluding hydrogens is 340 g/mol. The second-order valence-corrected chi connectivity index (χ2v) is 6.15. The summed E-state index contributed by atoms with van der Waals surface area (Å²) in [4.78, 5) is 19.6. The van der Waals surface area contributed by atoms with E-state index in [2.05, 4.69) is 36.3 Å². The van der Waals surface area contributed by atoms with Crippen LogP contribution >= 0.6 is 15.9 Å². The Balaban J connectivity index is 2.02. The number of halogens is 1. The number of hydrogen-bond acceptors (Lipinski definition) is 6. The summed E-state index contributed by atoms with van der Waals surface area (Å²) in [5.74, 6) is 0.359. The maximum atomic E-state index is 11.6. The smallest absolute Gasteiger partial charge is 0.407 e. The van der Waals surface area contributed by atoms with Crippen LogP contribution in [0.15, 0.2) is 10.9 Å². The van der Waals surface area contributed by atoms with Gasteiger partial charge < -0.3 is 15.8 Å². The lowest BCUT2D eigenvalue weighted by molar-refractivity contribution is 0.0526. The minimum Gasteiger partial charge on any atom is -0.444 e. The molecule has 0 aliphatic heterocycles. The molecule has 0 aromatic carbocycles. The minimum absolute atomic E-state index is 0.359. The first-order valence-corrected chi connectivity index (χ1v) is 7.16. The molecule has 2 aromatic heterocycles. The molecule has 0 aliphatic rings. The lowest BCUT2D eigenvalue weighted by atomic mass is 10.2. The number of carbonyl (C=O) groups excluding carboxylic acids is 1. The molecule has 114 valence electrons. The minimum atomic E-state index is -0.521. The highest BCUT2D eigenvalue weighted by atomic mass is 79.9. The fourth-order valence-electron chi connectivity index (χ4n) is 1.72. The predicted octanol–water partition coefficient (Wildman–Crippen LogP) is 1.70. The van der Waals surface area contributed by atoms with Crippen molar-refractivity contribution in [2.45, 2.75) is 32.9 Å². The molecule has 0 bridgehead atoms. The van der Waals surface area contributed by atoms with Crippen molar-refractivity contribution in [3.63, 3.8) is 0 Å². The molecule has 3 N–H and O–H groups in total. The third-order valence-electron chi connectivity index (χ3n) is 2.51. The van der Waals surface area contributed by atoms with Gasteiger partial charge in [-0.3, -0.25) is 0 Å². The number of anilines is 1. The standard InChI is InChI=1S/C12H17BrN6O2/c1-12(2,3)21-11(20)15-4-5-19-10-7(8(13)18-19)9(14)16-6-17-10/h6H,4-5H2,1-3H3,(H,15,20)(H2,14,16,17). The molecule has 0 atom stereocenters. The molecule has 0 saturated heterocycles. The Labute approximate surface area is 130 Å². The summed E-state index contributed by atoms with van der Waals surface area (Å²) in [5.41, 5.74) is 5.88. The highest BCUT2D eigenvalue weighted by molar-refractivity contribution is 9.10. The highest BCUT2D eigenvalue weighted by Gasteiger charge is 2.16. The molecule has 2 aromatic rings. The Morgan fingerprint density at radius 2 is 2.19 bits per heavy atom. The molecule has 2 rings (SSSR count). The average Bonchev–Trinajstić information content (AvgIpc) is 2.65. The van der Waals surface area contributed by atoms with Crippen molar-refractivity contribution in [2.24, 2.45) is 0 Å². The van der Waals surface area contributed by atoms with Crippen LogP contribution in [0.5, 0.6) is 0 Å². The molecular formula is C12H17BrN6O2. The number of nitrogens with one attached hydrogen (secondary N) is 1. The first-order valence-electron chi connectivity index (χ1n) is 6.37. The number of nitrogens with zero attached hydrogens (tertiary/aromatic N) is 4. The Bertz CT molecular complexity index is 664. The first kappa shape index (κ1) is 15.5. The zero-order chi connectivity index (χ0) is 15.6. The second kappa shape index (κ2) is 5.84. The van der Waals surface area contributed by atoms with Crippen LogP contribution in [0.25, 0.3) is 11.0 Å². The van der Waals surface area contributed by atoms with Crippen LogP contribution in [0.4, 0.5) is 10.6 Å². The number of amides is 1. The summed E-state index contributed by atoms with van der Waals surface area (Å²) in [7, 11) is 0.